The van der Waals surface area contributed by atoms with Crippen molar-refractivity contribution in [3.8, 4) is 5.75 Å². The summed E-state index contributed by atoms with van der Waals surface area (Å²) in [5.41, 5.74) is 3.18. The van der Waals surface area contributed by atoms with E-state index in [2.05, 4.69) is 0 Å². The smallest absolute Gasteiger partial charge is 0.268 e. The zero-order valence-corrected chi connectivity index (χ0v) is 14.9. The van der Waals surface area contributed by atoms with Crippen LogP contribution in [0.4, 0.5) is 0 Å². The Balaban J connectivity index is 2.00. The summed E-state index contributed by atoms with van der Waals surface area (Å²) in [4.78, 5) is 0.249. The normalized spacial score (nSPS) is 17.0. The number of hydrogen-bond donors (Lipinski definition) is 1. The third kappa shape index (κ3) is 2.36. The number of rotatable bonds is 3. The first-order valence-corrected chi connectivity index (χ1v) is 9.58. The van der Waals surface area contributed by atoms with Crippen LogP contribution in [-0.4, -0.2) is 24.6 Å². The maximum Gasteiger partial charge on any atom is 0.268 e. The van der Waals surface area contributed by atoms with Crippen LogP contribution in [0.15, 0.2) is 47.5 Å². The maximum absolute atomic E-state index is 13.1. The van der Waals surface area contributed by atoms with Crippen LogP contribution in [-0.2, 0) is 16.4 Å². The number of aromatic nitrogens is 1. The number of aliphatic hydroxyl groups is 1. The average molecular weight is 357 g/mol. The minimum absolute atomic E-state index is 0.249. The Morgan fingerprint density at radius 1 is 1.16 bits per heavy atom. The van der Waals surface area contributed by atoms with Gasteiger partial charge in [-0.05, 0) is 49.6 Å². The van der Waals surface area contributed by atoms with Gasteiger partial charge in [0.2, 0.25) is 0 Å². The van der Waals surface area contributed by atoms with E-state index in [9.17, 15) is 13.5 Å². The molecule has 130 valence electrons. The van der Waals surface area contributed by atoms with E-state index in [0.29, 0.717) is 29.7 Å². The zero-order chi connectivity index (χ0) is 17.8. The van der Waals surface area contributed by atoms with Crippen molar-refractivity contribution in [2.75, 3.05) is 7.11 Å². The third-order valence-electron chi connectivity index (χ3n) is 4.83. The number of ether oxygens (including phenoxy) is 1. The summed E-state index contributed by atoms with van der Waals surface area (Å²) in [5, 5.41) is 11.2. The molecule has 0 saturated carbocycles. The summed E-state index contributed by atoms with van der Waals surface area (Å²) in [5.74, 6) is 0.589. The number of nitrogens with zero attached hydrogens (tertiary/aromatic N) is 1. The minimum atomic E-state index is -3.70. The summed E-state index contributed by atoms with van der Waals surface area (Å²) in [6.07, 6.45) is 2.21. The fourth-order valence-corrected chi connectivity index (χ4v) is 4.93. The first kappa shape index (κ1) is 16.2. The van der Waals surface area contributed by atoms with Crippen molar-refractivity contribution >= 4 is 20.9 Å². The highest BCUT2D eigenvalue weighted by atomic mass is 32.2. The summed E-state index contributed by atoms with van der Waals surface area (Å²) >= 11 is 0. The van der Waals surface area contributed by atoms with Crippen LogP contribution in [0.2, 0.25) is 0 Å². The highest BCUT2D eigenvalue weighted by Gasteiger charge is 2.29. The van der Waals surface area contributed by atoms with Gasteiger partial charge in [-0.25, -0.2) is 12.4 Å². The van der Waals surface area contributed by atoms with E-state index in [0.717, 1.165) is 16.5 Å². The molecule has 0 fully saturated rings. The van der Waals surface area contributed by atoms with Crippen molar-refractivity contribution in [2.24, 2.45) is 0 Å². The number of hydrogen-bond acceptors (Lipinski definition) is 4. The topological polar surface area (TPSA) is 68.5 Å². The largest absolute Gasteiger partial charge is 0.496 e. The Morgan fingerprint density at radius 2 is 1.88 bits per heavy atom. The molecular weight excluding hydrogens is 338 g/mol. The number of benzene rings is 2. The van der Waals surface area contributed by atoms with E-state index >= 15 is 0 Å². The Bertz CT molecular complexity index is 1060. The molecule has 1 N–H and O–H groups in total. The predicted octanol–water partition coefficient (Wildman–Crippen LogP) is 3.17. The lowest BCUT2D eigenvalue weighted by atomic mass is 9.90. The standard InChI is InChI=1S/C19H19NO4S/c1-12-3-6-14(7-4-12)25(22,23)20-11-13-5-9-16(21)19-17(24-2)10-8-15(20)18(13)19/h3-4,6-8,10-11,16,21H,5,9H2,1-2H3. The molecule has 25 heavy (non-hydrogen) atoms. The molecular formula is C19H19NO4S. The maximum atomic E-state index is 13.1. The van der Waals surface area contributed by atoms with Gasteiger partial charge in [0, 0.05) is 17.1 Å². The second-order valence-electron chi connectivity index (χ2n) is 6.40. The van der Waals surface area contributed by atoms with Crippen molar-refractivity contribution in [3.05, 3.63) is 59.3 Å². The second kappa shape index (κ2) is 5.61. The van der Waals surface area contributed by atoms with Gasteiger partial charge in [-0.2, -0.15) is 0 Å². The monoisotopic (exact) mass is 357 g/mol. The quantitative estimate of drug-likeness (QED) is 0.782. The molecule has 5 nitrogen and oxygen atoms in total. The molecule has 0 aliphatic heterocycles. The number of aliphatic hydroxyl groups excluding tert-OH is 1. The minimum Gasteiger partial charge on any atom is -0.496 e. The molecule has 1 heterocycles. The fraction of sp³-hybridized carbons (Fsp3) is 0.263. The Morgan fingerprint density at radius 3 is 2.56 bits per heavy atom. The molecule has 1 aliphatic carbocycles. The summed E-state index contributed by atoms with van der Waals surface area (Å²) < 4.78 is 33.0. The van der Waals surface area contributed by atoms with Crippen molar-refractivity contribution in [2.45, 2.75) is 30.8 Å². The molecule has 1 atom stereocenters. The molecule has 2 aromatic carbocycles. The van der Waals surface area contributed by atoms with Gasteiger partial charge < -0.3 is 9.84 Å². The van der Waals surface area contributed by atoms with E-state index in [4.69, 9.17) is 4.74 Å². The van der Waals surface area contributed by atoms with E-state index in [1.54, 1.807) is 49.7 Å². The molecule has 0 amide bonds. The summed E-state index contributed by atoms with van der Waals surface area (Å²) in [6, 6.07) is 10.3. The van der Waals surface area contributed by atoms with Crippen LogP contribution in [0.5, 0.6) is 5.75 Å². The van der Waals surface area contributed by atoms with E-state index in [1.165, 1.54) is 3.97 Å². The fourth-order valence-electron chi connectivity index (χ4n) is 3.54. The Kier molecular flexibility index (Phi) is 3.63. The van der Waals surface area contributed by atoms with Gasteiger partial charge in [0.1, 0.15) is 5.75 Å². The molecule has 3 aromatic rings. The van der Waals surface area contributed by atoms with Crippen LogP contribution in [0, 0.1) is 6.92 Å². The van der Waals surface area contributed by atoms with Crippen molar-refractivity contribution in [1.29, 1.82) is 0 Å². The second-order valence-corrected chi connectivity index (χ2v) is 8.21. The summed E-state index contributed by atoms with van der Waals surface area (Å²) in [6.45, 7) is 1.92. The molecule has 0 bridgehead atoms. The average Bonchev–Trinajstić information content (AvgIpc) is 2.99. The molecule has 1 aliphatic rings. The molecule has 0 saturated heterocycles. The Labute approximate surface area is 146 Å². The van der Waals surface area contributed by atoms with Gasteiger partial charge >= 0.3 is 0 Å². The first-order valence-electron chi connectivity index (χ1n) is 8.14. The van der Waals surface area contributed by atoms with E-state index < -0.39 is 16.1 Å². The molecule has 0 radical (unpaired) electrons. The van der Waals surface area contributed by atoms with Gasteiger partial charge in [0.05, 0.1) is 23.6 Å². The number of methoxy groups -OCH3 is 1. The lowest BCUT2D eigenvalue weighted by molar-refractivity contribution is 0.162. The first-order chi connectivity index (χ1) is 11.9. The van der Waals surface area contributed by atoms with Gasteiger partial charge in [0.25, 0.3) is 10.0 Å². The molecule has 0 spiro atoms. The van der Waals surface area contributed by atoms with Gasteiger partial charge in [-0.1, -0.05) is 17.7 Å². The van der Waals surface area contributed by atoms with Gasteiger partial charge in [-0.15, -0.1) is 0 Å². The van der Waals surface area contributed by atoms with Crippen molar-refractivity contribution in [1.82, 2.24) is 3.97 Å². The zero-order valence-electron chi connectivity index (χ0n) is 14.1. The van der Waals surface area contributed by atoms with Gasteiger partial charge in [-0.3, -0.25) is 0 Å². The third-order valence-corrected chi connectivity index (χ3v) is 6.52. The molecule has 1 aromatic heterocycles. The SMILES string of the molecule is COc1ccc2c3c(cn2S(=O)(=O)c2ccc(C)cc2)CCC(O)c13. The number of aryl methyl sites for hydroxylation is 2. The van der Waals surface area contributed by atoms with E-state index in [-0.39, 0.29) is 4.90 Å². The predicted molar refractivity (Wildman–Crippen MR) is 95.5 cm³/mol. The van der Waals surface area contributed by atoms with Gasteiger partial charge in [0.15, 0.2) is 0 Å². The van der Waals surface area contributed by atoms with Crippen LogP contribution < -0.4 is 4.74 Å². The molecule has 4 rings (SSSR count). The van der Waals surface area contributed by atoms with Crippen LogP contribution >= 0.6 is 0 Å². The van der Waals surface area contributed by atoms with Crippen LogP contribution in [0.25, 0.3) is 10.9 Å². The molecule has 1 unspecified atom stereocenters. The summed E-state index contributed by atoms with van der Waals surface area (Å²) in [7, 11) is -2.15. The van der Waals surface area contributed by atoms with Crippen LogP contribution in [0.3, 0.4) is 0 Å². The van der Waals surface area contributed by atoms with Crippen LogP contribution in [0.1, 0.15) is 29.2 Å². The highest BCUT2D eigenvalue weighted by Crippen LogP contribution is 2.42. The van der Waals surface area contributed by atoms with Crippen molar-refractivity contribution in [3.63, 3.8) is 0 Å². The lowest BCUT2D eigenvalue weighted by Gasteiger charge is -2.21. The molecule has 6 heteroatoms. The Hall–Kier alpha value is -2.31. The van der Waals surface area contributed by atoms with Crippen molar-refractivity contribution < 1.29 is 18.3 Å². The highest BCUT2D eigenvalue weighted by molar-refractivity contribution is 7.90. The van der Waals surface area contributed by atoms with E-state index in [1.807, 2.05) is 6.92 Å². The lowest BCUT2D eigenvalue weighted by Crippen LogP contribution is -2.12.